The van der Waals surface area contributed by atoms with Crippen LogP contribution in [0.5, 0.6) is 11.5 Å². The number of nitrogens with two attached hydrogens (primary N) is 2. The molecule has 30 heavy (non-hydrogen) atoms. The lowest BCUT2D eigenvalue weighted by Gasteiger charge is -2.11. The SMILES string of the molecule is Nc1cc([N+](=O)[O-])cc([N+](=O)[O-])c1OCCOc1c(N)cc([N+](=O)[O-])cc1[N+](=O)[O-]. The molecule has 0 aromatic heterocycles. The smallest absolute Gasteiger partial charge is 0.319 e. The molecule has 0 saturated heterocycles. The van der Waals surface area contributed by atoms with Gasteiger partial charge in [-0.1, -0.05) is 0 Å². The molecule has 0 atom stereocenters. The highest BCUT2D eigenvalue weighted by Gasteiger charge is 2.26. The van der Waals surface area contributed by atoms with Gasteiger partial charge in [0.1, 0.15) is 13.2 Å². The van der Waals surface area contributed by atoms with E-state index in [4.69, 9.17) is 20.9 Å². The monoisotopic (exact) mass is 424 g/mol. The van der Waals surface area contributed by atoms with E-state index >= 15 is 0 Å². The first-order valence-corrected chi connectivity index (χ1v) is 7.73. The van der Waals surface area contributed by atoms with Crippen LogP contribution in [0.3, 0.4) is 0 Å². The van der Waals surface area contributed by atoms with Crippen molar-refractivity contribution >= 4 is 34.1 Å². The zero-order valence-corrected chi connectivity index (χ0v) is 14.7. The molecule has 0 aliphatic heterocycles. The van der Waals surface area contributed by atoms with Crippen LogP contribution in [0.2, 0.25) is 0 Å². The molecule has 0 heterocycles. The molecule has 0 aliphatic carbocycles. The van der Waals surface area contributed by atoms with Gasteiger partial charge in [-0.15, -0.1) is 0 Å². The van der Waals surface area contributed by atoms with Gasteiger partial charge in [0, 0.05) is 12.1 Å². The van der Waals surface area contributed by atoms with Crippen LogP contribution in [0.15, 0.2) is 24.3 Å². The highest BCUT2D eigenvalue weighted by Crippen LogP contribution is 2.38. The number of non-ortho nitro benzene ring substituents is 2. The van der Waals surface area contributed by atoms with Gasteiger partial charge in [-0.3, -0.25) is 40.5 Å². The zero-order chi connectivity index (χ0) is 22.6. The normalized spacial score (nSPS) is 10.3. The van der Waals surface area contributed by atoms with E-state index in [9.17, 15) is 40.5 Å². The summed E-state index contributed by atoms with van der Waals surface area (Å²) in [6.07, 6.45) is 0. The van der Waals surface area contributed by atoms with Crippen LogP contribution in [-0.4, -0.2) is 32.9 Å². The number of nitrogens with zero attached hydrogens (tertiary/aromatic N) is 4. The van der Waals surface area contributed by atoms with Crippen LogP contribution in [0.25, 0.3) is 0 Å². The molecule has 0 spiro atoms. The van der Waals surface area contributed by atoms with Crippen molar-refractivity contribution in [3.63, 3.8) is 0 Å². The fourth-order valence-corrected chi connectivity index (χ4v) is 2.32. The molecule has 0 aliphatic rings. The number of nitrogen functional groups attached to an aromatic ring is 2. The van der Waals surface area contributed by atoms with E-state index < -0.39 is 67.2 Å². The molecule has 2 aromatic rings. The van der Waals surface area contributed by atoms with E-state index in [1.807, 2.05) is 0 Å². The third-order valence-electron chi connectivity index (χ3n) is 3.56. The van der Waals surface area contributed by atoms with E-state index in [1.165, 1.54) is 0 Å². The molecule has 2 rings (SSSR count). The van der Waals surface area contributed by atoms with Crippen LogP contribution < -0.4 is 20.9 Å². The van der Waals surface area contributed by atoms with Gasteiger partial charge in [-0.05, 0) is 0 Å². The number of ether oxygens (including phenoxy) is 2. The van der Waals surface area contributed by atoms with Crippen molar-refractivity contribution in [2.24, 2.45) is 0 Å². The van der Waals surface area contributed by atoms with Crippen molar-refractivity contribution < 1.29 is 29.2 Å². The molecule has 16 nitrogen and oxygen atoms in total. The number of anilines is 2. The number of hydrogen-bond donors (Lipinski definition) is 2. The van der Waals surface area contributed by atoms with E-state index in [-0.39, 0.29) is 11.4 Å². The molecule has 2 aromatic carbocycles. The first kappa shape index (κ1) is 21.5. The summed E-state index contributed by atoms with van der Waals surface area (Å²) >= 11 is 0. The second-order valence-corrected chi connectivity index (χ2v) is 5.49. The van der Waals surface area contributed by atoms with Gasteiger partial charge in [0.25, 0.3) is 11.4 Å². The maximum atomic E-state index is 11.1. The molecule has 0 bridgehead atoms. The molecular formula is C14H12N6O10. The van der Waals surface area contributed by atoms with Crippen LogP contribution in [-0.2, 0) is 0 Å². The second-order valence-electron chi connectivity index (χ2n) is 5.49. The highest BCUT2D eigenvalue weighted by atomic mass is 16.6. The molecule has 0 amide bonds. The summed E-state index contributed by atoms with van der Waals surface area (Å²) < 4.78 is 10.3. The third-order valence-corrected chi connectivity index (χ3v) is 3.56. The van der Waals surface area contributed by atoms with Crippen molar-refractivity contribution in [1.29, 1.82) is 0 Å². The quantitative estimate of drug-likeness (QED) is 0.254. The van der Waals surface area contributed by atoms with Crippen molar-refractivity contribution in [3.05, 3.63) is 64.7 Å². The molecule has 158 valence electrons. The van der Waals surface area contributed by atoms with Gasteiger partial charge in [0.15, 0.2) is 0 Å². The van der Waals surface area contributed by atoms with E-state index in [0.717, 1.165) is 12.1 Å². The summed E-state index contributed by atoms with van der Waals surface area (Å²) in [5, 5.41) is 43.8. The third kappa shape index (κ3) is 4.55. The second kappa shape index (κ2) is 8.50. The molecule has 0 unspecified atom stereocenters. The molecule has 4 N–H and O–H groups in total. The first-order chi connectivity index (χ1) is 14.0. The Morgan fingerprint density at radius 3 is 1.23 bits per heavy atom. The highest BCUT2D eigenvalue weighted by molar-refractivity contribution is 5.69. The number of rotatable bonds is 9. The summed E-state index contributed by atoms with van der Waals surface area (Å²) in [5.74, 6) is -0.916. The molecule has 0 radical (unpaired) electrons. The van der Waals surface area contributed by atoms with Gasteiger partial charge in [-0.25, -0.2) is 0 Å². The van der Waals surface area contributed by atoms with Gasteiger partial charge in [-0.2, -0.15) is 0 Å². The van der Waals surface area contributed by atoms with Gasteiger partial charge in [0.2, 0.25) is 11.5 Å². The Kier molecular flexibility index (Phi) is 6.10. The number of nitro benzene ring substituents is 4. The maximum absolute atomic E-state index is 11.1. The van der Waals surface area contributed by atoms with E-state index in [1.54, 1.807) is 0 Å². The average molecular weight is 424 g/mol. The first-order valence-electron chi connectivity index (χ1n) is 7.73. The van der Waals surface area contributed by atoms with E-state index in [2.05, 4.69) is 0 Å². The maximum Gasteiger partial charge on any atom is 0.319 e. The summed E-state index contributed by atoms with van der Waals surface area (Å²) in [4.78, 5) is 40.2. The van der Waals surface area contributed by atoms with Crippen molar-refractivity contribution in [2.75, 3.05) is 24.7 Å². The van der Waals surface area contributed by atoms with Gasteiger partial charge < -0.3 is 20.9 Å². The largest absolute Gasteiger partial charge is 0.482 e. The fourth-order valence-electron chi connectivity index (χ4n) is 2.32. The summed E-state index contributed by atoms with van der Waals surface area (Å²) in [6.45, 7) is -0.840. The predicted octanol–water partition coefficient (Wildman–Crippen LogP) is 1.94. The molecule has 16 heteroatoms. The Bertz CT molecular complexity index is 972. The van der Waals surface area contributed by atoms with Crippen LogP contribution in [0, 0.1) is 40.5 Å². The fraction of sp³-hybridized carbons (Fsp3) is 0.143. The lowest BCUT2D eigenvalue weighted by atomic mass is 10.2. The summed E-state index contributed by atoms with van der Waals surface area (Å²) in [6, 6.07) is 3.04. The Balaban J connectivity index is 2.20. The van der Waals surface area contributed by atoms with Crippen molar-refractivity contribution in [1.82, 2.24) is 0 Å². The average Bonchev–Trinajstić information content (AvgIpc) is 2.65. The van der Waals surface area contributed by atoms with Crippen LogP contribution in [0.4, 0.5) is 34.1 Å². The van der Waals surface area contributed by atoms with Crippen LogP contribution in [0.1, 0.15) is 0 Å². The summed E-state index contributed by atoms with van der Waals surface area (Å²) in [5.41, 5.74) is 7.65. The van der Waals surface area contributed by atoms with Crippen LogP contribution >= 0.6 is 0 Å². The Hall–Kier alpha value is -4.76. The minimum atomic E-state index is -0.932. The Morgan fingerprint density at radius 2 is 0.967 bits per heavy atom. The standard InChI is InChI=1S/C14H12N6O10/c15-9-3-7(17(21)22)5-11(19(25)26)13(9)29-1-2-30-14-10(16)4-8(18(23)24)6-12(14)20(27)28/h3-6H,1-2,15-16H2. The number of nitro groups is 4. The zero-order valence-electron chi connectivity index (χ0n) is 14.7. The van der Waals surface area contributed by atoms with Crippen molar-refractivity contribution in [2.45, 2.75) is 0 Å². The van der Waals surface area contributed by atoms with Gasteiger partial charge >= 0.3 is 11.4 Å². The minimum absolute atomic E-state index is 0.378. The minimum Gasteiger partial charge on any atom is -0.482 e. The molecule has 0 fully saturated rings. The Morgan fingerprint density at radius 1 is 0.633 bits per heavy atom. The van der Waals surface area contributed by atoms with Crippen molar-refractivity contribution in [3.8, 4) is 11.5 Å². The number of hydrogen-bond acceptors (Lipinski definition) is 12. The topological polar surface area (TPSA) is 243 Å². The lowest BCUT2D eigenvalue weighted by Crippen LogP contribution is -2.13. The van der Waals surface area contributed by atoms with Gasteiger partial charge in [0.05, 0.1) is 43.2 Å². The van der Waals surface area contributed by atoms with E-state index in [0.29, 0.717) is 12.1 Å². The predicted molar refractivity (Wildman–Crippen MR) is 99.3 cm³/mol. The Labute approximate surface area is 165 Å². The molecule has 0 saturated carbocycles. The molecular weight excluding hydrogens is 412 g/mol. The summed E-state index contributed by atoms with van der Waals surface area (Å²) in [7, 11) is 0. The lowest BCUT2D eigenvalue weighted by molar-refractivity contribution is -0.395. The number of benzene rings is 2.